The van der Waals surface area contributed by atoms with Gasteiger partial charge in [0.2, 0.25) is 9.76 Å². The van der Waals surface area contributed by atoms with Crippen molar-refractivity contribution in [3.63, 3.8) is 0 Å². The van der Waals surface area contributed by atoms with E-state index in [2.05, 4.69) is 27.7 Å². The molecule has 2 radical (unpaired) electrons. The van der Waals surface area contributed by atoms with Crippen LogP contribution in [0.3, 0.4) is 0 Å². The van der Waals surface area contributed by atoms with E-state index in [1.54, 1.807) is 0 Å². The highest BCUT2D eigenvalue weighted by Gasteiger charge is 2.39. The molecule has 0 spiro atoms. The van der Waals surface area contributed by atoms with Crippen molar-refractivity contribution in [2.24, 2.45) is 5.92 Å². The minimum absolute atomic E-state index is 0.0250. The van der Waals surface area contributed by atoms with E-state index < -0.39 is 22.4 Å². The zero-order valence-corrected chi connectivity index (χ0v) is 17.0. The van der Waals surface area contributed by atoms with E-state index in [4.69, 9.17) is 4.43 Å². The minimum Gasteiger partial charge on any atom is -0.415 e. The molecule has 0 N–H and O–H groups in total. The smallest absolute Gasteiger partial charge is 0.415 e. The van der Waals surface area contributed by atoms with E-state index in [1.165, 1.54) is 6.07 Å². The normalized spacial score (nSPS) is 18.4. The number of rotatable bonds is 7. The highest BCUT2D eigenvalue weighted by atomic mass is 28.2. The van der Waals surface area contributed by atoms with Gasteiger partial charge in [0.1, 0.15) is 5.56 Å². The van der Waals surface area contributed by atoms with Gasteiger partial charge in [-0.2, -0.15) is 13.2 Å². The molecule has 0 unspecified atom stereocenters. The van der Waals surface area contributed by atoms with Crippen molar-refractivity contribution in [3.8, 4) is 0 Å². The fourth-order valence-corrected chi connectivity index (χ4v) is 3.76. The Kier molecular flexibility index (Phi) is 6.57. The number of nitro benzene ring substituents is 1. The van der Waals surface area contributed by atoms with Crippen LogP contribution in [0.4, 0.5) is 24.5 Å². The van der Waals surface area contributed by atoms with Crippen LogP contribution < -0.4 is 4.90 Å². The molecule has 0 aromatic heterocycles. The fourth-order valence-electron chi connectivity index (χ4n) is 2.88. The van der Waals surface area contributed by atoms with E-state index in [9.17, 15) is 23.3 Å². The van der Waals surface area contributed by atoms with Gasteiger partial charge in [0.15, 0.2) is 0 Å². The van der Waals surface area contributed by atoms with Crippen LogP contribution in [0.5, 0.6) is 0 Å². The third-order valence-corrected chi connectivity index (χ3v) is 6.66. The van der Waals surface area contributed by atoms with Crippen LogP contribution in [0.1, 0.15) is 46.1 Å². The Hall–Kier alpha value is -1.61. The molecule has 2 rings (SSSR count). The Bertz CT molecular complexity index is 680. The summed E-state index contributed by atoms with van der Waals surface area (Å²) in [5.41, 5.74) is -1.77. The monoisotopic (exact) mass is 402 g/mol. The minimum atomic E-state index is -4.77. The molecule has 1 aliphatic rings. The van der Waals surface area contributed by atoms with Crippen molar-refractivity contribution in [2.75, 3.05) is 18.1 Å². The number of anilines is 1. The van der Waals surface area contributed by atoms with E-state index in [0.29, 0.717) is 34.5 Å². The van der Waals surface area contributed by atoms with Crippen LogP contribution in [0.15, 0.2) is 18.2 Å². The molecule has 1 saturated heterocycles. The molecular formula is C18H25F3N2O3Si. The second-order valence-electron chi connectivity index (χ2n) is 7.74. The molecule has 5 nitrogen and oxygen atoms in total. The van der Waals surface area contributed by atoms with E-state index in [-0.39, 0.29) is 11.1 Å². The van der Waals surface area contributed by atoms with Gasteiger partial charge in [0, 0.05) is 18.3 Å². The van der Waals surface area contributed by atoms with Crippen LogP contribution in [0.25, 0.3) is 0 Å². The lowest BCUT2D eigenvalue weighted by molar-refractivity contribution is -0.388. The van der Waals surface area contributed by atoms with Crippen molar-refractivity contribution in [3.05, 3.63) is 33.9 Å². The van der Waals surface area contributed by atoms with Gasteiger partial charge in [-0.3, -0.25) is 10.1 Å². The second-order valence-corrected chi connectivity index (χ2v) is 9.52. The van der Waals surface area contributed by atoms with Crippen molar-refractivity contribution in [2.45, 2.75) is 57.8 Å². The maximum Gasteiger partial charge on any atom is 0.423 e. The summed E-state index contributed by atoms with van der Waals surface area (Å²) in [4.78, 5) is 11.8. The molecule has 1 aromatic rings. The van der Waals surface area contributed by atoms with Crippen molar-refractivity contribution in [1.82, 2.24) is 0 Å². The molecule has 0 amide bonds. The summed E-state index contributed by atoms with van der Waals surface area (Å²) in [6, 6.07) is 3.20. The van der Waals surface area contributed by atoms with E-state index in [1.807, 2.05) is 4.90 Å². The van der Waals surface area contributed by atoms with Crippen molar-refractivity contribution >= 4 is 21.1 Å². The highest BCUT2D eigenvalue weighted by Crippen LogP contribution is 2.39. The third kappa shape index (κ3) is 5.22. The van der Waals surface area contributed by atoms with Crippen LogP contribution >= 0.6 is 0 Å². The summed E-state index contributed by atoms with van der Waals surface area (Å²) in [5, 5.41) is 11.0. The number of halogens is 3. The first-order chi connectivity index (χ1) is 12.4. The Morgan fingerprint density at radius 2 is 2.04 bits per heavy atom. The maximum atomic E-state index is 13.2. The molecule has 0 aliphatic carbocycles. The lowest BCUT2D eigenvalue weighted by atomic mass is 9.99. The van der Waals surface area contributed by atoms with Crippen molar-refractivity contribution < 1.29 is 22.5 Å². The van der Waals surface area contributed by atoms with Crippen LogP contribution in [0.2, 0.25) is 5.04 Å². The van der Waals surface area contributed by atoms with Crippen molar-refractivity contribution in [1.29, 1.82) is 0 Å². The number of benzene rings is 1. The van der Waals surface area contributed by atoms with E-state index >= 15 is 0 Å². The van der Waals surface area contributed by atoms with Gasteiger partial charge in [-0.05, 0) is 35.9 Å². The summed E-state index contributed by atoms with van der Waals surface area (Å²) < 4.78 is 45.6. The Morgan fingerprint density at radius 1 is 1.37 bits per heavy atom. The topological polar surface area (TPSA) is 55.6 Å². The molecule has 9 heteroatoms. The first-order valence-corrected chi connectivity index (χ1v) is 9.85. The summed E-state index contributed by atoms with van der Waals surface area (Å²) >= 11 is 0. The average molecular weight is 402 g/mol. The zero-order chi connectivity index (χ0) is 20.4. The van der Waals surface area contributed by atoms with Crippen LogP contribution in [-0.2, 0) is 10.6 Å². The lowest BCUT2D eigenvalue weighted by Crippen LogP contribution is -2.35. The molecule has 1 atom stereocenters. The number of nitro groups is 1. The average Bonchev–Trinajstić information content (AvgIpc) is 3.01. The Labute approximate surface area is 160 Å². The number of hydrogen-bond donors (Lipinski definition) is 0. The fraction of sp³-hybridized carbons (Fsp3) is 0.667. The third-order valence-electron chi connectivity index (χ3n) is 5.25. The Morgan fingerprint density at radius 3 is 2.59 bits per heavy atom. The molecule has 0 saturated carbocycles. The van der Waals surface area contributed by atoms with Gasteiger partial charge >= 0.3 is 6.18 Å². The standard InChI is InChI=1S/C18H25F3N2O3Si/c1-12(2)17(3,4)27-26-11-14-6-5-9-22(14)13-7-8-16(23(24)25)15(10-13)18(19,20)21/h7-8,10,12,14H,5-6,9,11H2,1-4H3/t14-/m1/s1. The first-order valence-electron chi connectivity index (χ1n) is 8.94. The van der Waals surface area contributed by atoms with Gasteiger partial charge in [-0.15, -0.1) is 0 Å². The van der Waals surface area contributed by atoms with E-state index in [0.717, 1.165) is 25.0 Å². The van der Waals surface area contributed by atoms with Gasteiger partial charge in [0.05, 0.1) is 17.6 Å². The largest absolute Gasteiger partial charge is 0.423 e. The molecule has 0 bridgehead atoms. The quantitative estimate of drug-likeness (QED) is 0.363. The predicted octanol–water partition coefficient (Wildman–Crippen LogP) is 5.07. The number of alkyl halides is 3. The molecule has 1 aliphatic heterocycles. The van der Waals surface area contributed by atoms with Crippen LogP contribution in [0, 0.1) is 16.0 Å². The predicted molar refractivity (Wildman–Crippen MR) is 99.1 cm³/mol. The summed E-state index contributed by atoms with van der Waals surface area (Å²) in [6.45, 7) is 9.58. The number of nitrogens with zero attached hydrogens (tertiary/aromatic N) is 2. The van der Waals surface area contributed by atoms with Crippen LogP contribution in [-0.4, -0.2) is 33.9 Å². The second kappa shape index (κ2) is 8.18. The number of hydrogen-bond acceptors (Lipinski definition) is 4. The molecule has 1 aromatic carbocycles. The van der Waals surface area contributed by atoms with Gasteiger partial charge in [0.25, 0.3) is 5.69 Å². The summed E-state index contributed by atoms with van der Waals surface area (Å²) in [5.74, 6) is 0.458. The summed E-state index contributed by atoms with van der Waals surface area (Å²) in [6.07, 6.45) is -3.10. The molecule has 1 fully saturated rings. The van der Waals surface area contributed by atoms with Gasteiger partial charge < -0.3 is 9.33 Å². The van der Waals surface area contributed by atoms with Gasteiger partial charge in [-0.25, -0.2) is 0 Å². The summed E-state index contributed by atoms with van der Waals surface area (Å²) in [7, 11) is 0.300. The Balaban J connectivity index is 2.16. The molecule has 1 heterocycles. The SMILES string of the molecule is CC(C)C(C)(C)[Si]OC[C@H]1CCCN1c1ccc([N+](=O)[O-])c(C(F)(F)F)c1. The maximum absolute atomic E-state index is 13.2. The van der Waals surface area contributed by atoms with Gasteiger partial charge in [-0.1, -0.05) is 27.7 Å². The molecular weight excluding hydrogens is 377 g/mol. The molecule has 27 heavy (non-hydrogen) atoms. The lowest BCUT2D eigenvalue weighted by Gasteiger charge is -2.30. The zero-order valence-electron chi connectivity index (χ0n) is 16.0. The molecule has 150 valence electrons. The first kappa shape index (κ1) is 21.7. The highest BCUT2D eigenvalue weighted by molar-refractivity contribution is 6.32.